The predicted octanol–water partition coefficient (Wildman–Crippen LogP) is 1.80. The summed E-state index contributed by atoms with van der Waals surface area (Å²) in [5.41, 5.74) is 5.85. The molecule has 0 spiro atoms. The third-order valence-electron chi connectivity index (χ3n) is 3.12. The van der Waals surface area contributed by atoms with Gasteiger partial charge in [-0.25, -0.2) is 9.97 Å². The molecule has 2 rings (SSSR count). The minimum atomic E-state index is -0.310. The van der Waals surface area contributed by atoms with Crippen LogP contribution in [0.5, 0.6) is 11.5 Å². The summed E-state index contributed by atoms with van der Waals surface area (Å²) in [7, 11) is 1.52. The molecule has 0 radical (unpaired) electrons. The number of aromatic nitrogens is 2. The van der Waals surface area contributed by atoms with E-state index >= 15 is 0 Å². The molecule has 0 unspecified atom stereocenters. The fraction of sp³-hybridized carbons (Fsp3) is 0.312. The fourth-order valence-electron chi connectivity index (χ4n) is 1.95. The van der Waals surface area contributed by atoms with Crippen LogP contribution in [0, 0.1) is 0 Å². The quantitative estimate of drug-likeness (QED) is 0.704. The molecule has 0 saturated heterocycles. The molecule has 1 aromatic heterocycles. The molecule has 0 aliphatic rings. The lowest BCUT2D eigenvalue weighted by atomic mass is 10.1. The molecule has 128 valence electrons. The number of ether oxygens (including phenoxy) is 2. The molecule has 0 aliphatic carbocycles. The van der Waals surface area contributed by atoms with Crippen LogP contribution in [0.15, 0.2) is 30.6 Å². The summed E-state index contributed by atoms with van der Waals surface area (Å²) in [5.74, 6) is 1.03. The topological polar surface area (TPSA) is 99.4 Å². The smallest absolute Gasteiger partial charge is 0.255 e. The lowest BCUT2D eigenvalue weighted by Gasteiger charge is -2.14. The minimum absolute atomic E-state index is 0.176. The number of para-hydroxylation sites is 1. The van der Waals surface area contributed by atoms with E-state index < -0.39 is 0 Å². The fourth-order valence-corrected chi connectivity index (χ4v) is 2.04. The maximum Gasteiger partial charge on any atom is 0.255 e. The first-order valence-corrected chi connectivity index (χ1v) is 7.78. The first-order valence-electron chi connectivity index (χ1n) is 7.40. The predicted molar refractivity (Wildman–Crippen MR) is 90.4 cm³/mol. The highest BCUT2D eigenvalue weighted by molar-refractivity contribution is 6.30. The number of halogens is 1. The Labute approximate surface area is 145 Å². The van der Waals surface area contributed by atoms with E-state index in [1.807, 2.05) is 0 Å². The highest BCUT2D eigenvalue weighted by Crippen LogP contribution is 2.31. The molecule has 3 N–H and O–H groups in total. The van der Waals surface area contributed by atoms with E-state index in [1.54, 1.807) is 18.2 Å². The van der Waals surface area contributed by atoms with Gasteiger partial charge in [0.05, 0.1) is 30.8 Å². The molecule has 7 nitrogen and oxygen atoms in total. The Morgan fingerprint density at radius 1 is 1.33 bits per heavy atom. The van der Waals surface area contributed by atoms with Crippen molar-refractivity contribution in [1.29, 1.82) is 0 Å². The van der Waals surface area contributed by atoms with Crippen LogP contribution in [-0.2, 0) is 6.54 Å². The highest BCUT2D eigenvalue weighted by atomic mass is 35.5. The third kappa shape index (κ3) is 4.81. The average molecular weight is 351 g/mol. The van der Waals surface area contributed by atoms with Crippen molar-refractivity contribution in [3.8, 4) is 11.5 Å². The summed E-state index contributed by atoms with van der Waals surface area (Å²) in [6.07, 6.45) is 3.63. The number of nitrogens with two attached hydrogens (primary N) is 1. The van der Waals surface area contributed by atoms with Crippen LogP contribution in [0.3, 0.4) is 0 Å². The van der Waals surface area contributed by atoms with E-state index in [0.29, 0.717) is 47.5 Å². The summed E-state index contributed by atoms with van der Waals surface area (Å²) in [4.78, 5) is 20.5. The largest absolute Gasteiger partial charge is 0.493 e. The van der Waals surface area contributed by atoms with Gasteiger partial charge in [-0.1, -0.05) is 17.7 Å². The molecule has 2 aromatic rings. The monoisotopic (exact) mass is 350 g/mol. The Morgan fingerprint density at radius 2 is 2.08 bits per heavy atom. The van der Waals surface area contributed by atoms with Gasteiger partial charge in [-0.15, -0.1) is 0 Å². The first kappa shape index (κ1) is 18.0. The Balaban J connectivity index is 2.10. The Kier molecular flexibility index (Phi) is 6.77. The molecule has 0 bridgehead atoms. The summed E-state index contributed by atoms with van der Waals surface area (Å²) in [6, 6.07) is 5.12. The highest BCUT2D eigenvalue weighted by Gasteiger charge is 2.17. The molecule has 0 fully saturated rings. The molecular formula is C16H19ClN4O3. The molecule has 24 heavy (non-hydrogen) atoms. The second kappa shape index (κ2) is 9.05. The van der Waals surface area contributed by atoms with Crippen molar-refractivity contribution < 1.29 is 14.3 Å². The number of nitrogens with zero attached hydrogens (tertiary/aromatic N) is 2. The van der Waals surface area contributed by atoms with Crippen molar-refractivity contribution in [3.63, 3.8) is 0 Å². The van der Waals surface area contributed by atoms with Crippen LogP contribution in [0.2, 0.25) is 5.02 Å². The van der Waals surface area contributed by atoms with E-state index in [1.165, 1.54) is 19.5 Å². The van der Waals surface area contributed by atoms with Crippen LogP contribution >= 0.6 is 11.6 Å². The van der Waals surface area contributed by atoms with Gasteiger partial charge in [0.2, 0.25) is 0 Å². The van der Waals surface area contributed by atoms with Crippen LogP contribution in [-0.4, -0.2) is 36.1 Å². The third-order valence-corrected chi connectivity index (χ3v) is 3.31. The van der Waals surface area contributed by atoms with Crippen LogP contribution in [0.25, 0.3) is 0 Å². The molecule has 1 aromatic carbocycles. The number of carbonyl (C=O) groups is 1. The van der Waals surface area contributed by atoms with Gasteiger partial charge in [-0.3, -0.25) is 4.79 Å². The number of amides is 1. The van der Waals surface area contributed by atoms with Gasteiger partial charge < -0.3 is 20.5 Å². The normalized spacial score (nSPS) is 10.3. The molecule has 0 aliphatic heterocycles. The zero-order valence-electron chi connectivity index (χ0n) is 13.3. The van der Waals surface area contributed by atoms with Gasteiger partial charge in [0, 0.05) is 12.4 Å². The van der Waals surface area contributed by atoms with Crippen molar-refractivity contribution in [3.05, 3.63) is 47.0 Å². The lowest BCUT2D eigenvalue weighted by Crippen LogP contribution is -2.24. The number of hydrogen-bond donors (Lipinski definition) is 2. The van der Waals surface area contributed by atoms with Gasteiger partial charge >= 0.3 is 0 Å². The van der Waals surface area contributed by atoms with Gasteiger partial charge in [0.25, 0.3) is 5.91 Å². The number of rotatable bonds is 8. The number of nitrogens with one attached hydrogen (secondary N) is 1. The zero-order chi connectivity index (χ0) is 17.4. The average Bonchev–Trinajstić information content (AvgIpc) is 2.61. The number of hydrogen-bond acceptors (Lipinski definition) is 6. The lowest BCUT2D eigenvalue weighted by molar-refractivity contribution is 0.0945. The Morgan fingerprint density at radius 3 is 2.75 bits per heavy atom. The van der Waals surface area contributed by atoms with Crippen LogP contribution < -0.4 is 20.5 Å². The van der Waals surface area contributed by atoms with Crippen molar-refractivity contribution in [1.82, 2.24) is 15.3 Å². The SMILES string of the molecule is COc1cccc(C(=O)NCc2ncc(Cl)cn2)c1OCCCN. The van der Waals surface area contributed by atoms with Gasteiger partial charge in [-0.05, 0) is 25.1 Å². The maximum absolute atomic E-state index is 12.5. The zero-order valence-corrected chi connectivity index (χ0v) is 14.0. The summed E-state index contributed by atoms with van der Waals surface area (Å²) in [6.45, 7) is 1.08. The van der Waals surface area contributed by atoms with Crippen molar-refractivity contribution in [2.24, 2.45) is 5.73 Å². The summed E-state index contributed by atoms with van der Waals surface area (Å²) >= 11 is 5.73. The summed E-state index contributed by atoms with van der Waals surface area (Å²) in [5, 5.41) is 3.19. The van der Waals surface area contributed by atoms with Crippen molar-refractivity contribution >= 4 is 17.5 Å². The van der Waals surface area contributed by atoms with E-state index in [2.05, 4.69) is 15.3 Å². The Bertz CT molecular complexity index is 680. The van der Waals surface area contributed by atoms with Gasteiger partial charge in [0.1, 0.15) is 5.82 Å². The second-order valence-electron chi connectivity index (χ2n) is 4.83. The van der Waals surface area contributed by atoms with E-state index in [-0.39, 0.29) is 12.5 Å². The van der Waals surface area contributed by atoms with E-state index in [4.69, 9.17) is 26.8 Å². The van der Waals surface area contributed by atoms with Crippen LogP contribution in [0.1, 0.15) is 22.6 Å². The number of methoxy groups -OCH3 is 1. The van der Waals surface area contributed by atoms with E-state index in [0.717, 1.165) is 0 Å². The standard InChI is InChI=1S/C16H19ClN4O3/c1-23-13-5-2-4-12(15(13)24-7-3-6-18)16(22)21-10-14-19-8-11(17)9-20-14/h2,4-5,8-9H,3,6-7,10,18H2,1H3,(H,21,22). The maximum atomic E-state index is 12.5. The number of carbonyl (C=O) groups excluding carboxylic acids is 1. The van der Waals surface area contributed by atoms with Crippen LogP contribution in [0.4, 0.5) is 0 Å². The number of benzene rings is 1. The molecule has 0 saturated carbocycles. The molecule has 0 atom stereocenters. The molecule has 1 heterocycles. The summed E-state index contributed by atoms with van der Waals surface area (Å²) < 4.78 is 10.9. The minimum Gasteiger partial charge on any atom is -0.493 e. The van der Waals surface area contributed by atoms with Crippen molar-refractivity contribution in [2.75, 3.05) is 20.3 Å². The van der Waals surface area contributed by atoms with Gasteiger partial charge in [0.15, 0.2) is 11.5 Å². The molecular weight excluding hydrogens is 332 g/mol. The molecule has 1 amide bonds. The first-order chi connectivity index (χ1) is 11.7. The second-order valence-corrected chi connectivity index (χ2v) is 5.26. The Hall–Kier alpha value is -2.38. The van der Waals surface area contributed by atoms with E-state index in [9.17, 15) is 4.79 Å². The van der Waals surface area contributed by atoms with Gasteiger partial charge in [-0.2, -0.15) is 0 Å². The van der Waals surface area contributed by atoms with Crippen molar-refractivity contribution in [2.45, 2.75) is 13.0 Å². The molecule has 8 heteroatoms.